The fourth-order valence-corrected chi connectivity index (χ4v) is 8.18. The second-order valence-corrected chi connectivity index (χ2v) is 13.7. The number of benzene rings is 2. The van der Waals surface area contributed by atoms with E-state index in [4.69, 9.17) is 0 Å². The van der Waals surface area contributed by atoms with Gasteiger partial charge in [-0.2, -0.15) is 4.57 Å². The molecule has 0 amide bonds. The molecule has 0 saturated carbocycles. The lowest BCUT2D eigenvalue weighted by molar-refractivity contribution is -0.642. The van der Waals surface area contributed by atoms with Crippen molar-refractivity contribution in [2.45, 2.75) is 41.4 Å². The first-order valence-corrected chi connectivity index (χ1v) is 15.5. The molecule has 0 bridgehead atoms. The highest BCUT2D eigenvalue weighted by molar-refractivity contribution is 8.03. The Morgan fingerprint density at radius 1 is 1.00 bits per heavy atom. The van der Waals surface area contributed by atoms with Gasteiger partial charge >= 0.3 is 0 Å². The molecule has 0 N–H and O–H groups in total. The standard InChI is InChI=1S/C28H31N2S4/c1-28(2)16-18(12-26-29(3)22-9-7-20(31-5)14-24(22)33-26)11-19(17-28)13-27-30(4)23-10-8-21(32-6)15-25(23)34-27/h7-15H,16-17H2,1-6H3/q+1. The Hall–Kier alpha value is -1.60. The zero-order chi connectivity index (χ0) is 24.0. The SMILES string of the molecule is CSc1ccc2c(c1)SC(=CC1=CC(=Cc3sc4cc(SC)ccc4[n+]3C)CC(C)(C)C1)N2C. The second kappa shape index (κ2) is 9.45. The maximum Gasteiger partial charge on any atom is 0.262 e. The molecule has 2 aliphatic rings. The van der Waals surface area contributed by atoms with E-state index >= 15 is 0 Å². The number of aromatic nitrogens is 1. The summed E-state index contributed by atoms with van der Waals surface area (Å²) >= 11 is 7.39. The van der Waals surface area contributed by atoms with Gasteiger partial charge < -0.3 is 4.90 Å². The van der Waals surface area contributed by atoms with Crippen molar-refractivity contribution in [2.24, 2.45) is 12.5 Å². The maximum atomic E-state index is 2.43. The molecule has 5 rings (SSSR count). The van der Waals surface area contributed by atoms with Crippen LogP contribution in [0.2, 0.25) is 0 Å². The van der Waals surface area contributed by atoms with Crippen molar-refractivity contribution in [3.63, 3.8) is 0 Å². The molecule has 0 fully saturated rings. The van der Waals surface area contributed by atoms with Crippen LogP contribution in [0.15, 0.2) is 79.4 Å². The monoisotopic (exact) mass is 523 g/mol. The van der Waals surface area contributed by atoms with E-state index in [-0.39, 0.29) is 5.41 Å². The van der Waals surface area contributed by atoms with Crippen LogP contribution in [0, 0.1) is 5.41 Å². The van der Waals surface area contributed by atoms with Crippen molar-refractivity contribution in [1.29, 1.82) is 0 Å². The quantitative estimate of drug-likeness (QED) is 0.250. The molecular formula is C28H31N2S4+. The minimum atomic E-state index is 0.245. The molecule has 1 aromatic heterocycles. The minimum Gasteiger partial charge on any atom is -0.338 e. The summed E-state index contributed by atoms with van der Waals surface area (Å²) in [6.45, 7) is 4.79. The summed E-state index contributed by atoms with van der Waals surface area (Å²) in [6, 6.07) is 13.6. The van der Waals surface area contributed by atoms with E-state index < -0.39 is 0 Å². The van der Waals surface area contributed by atoms with Crippen LogP contribution >= 0.6 is 46.6 Å². The van der Waals surface area contributed by atoms with Crippen molar-refractivity contribution in [2.75, 3.05) is 24.5 Å². The van der Waals surface area contributed by atoms with E-state index in [1.807, 2.05) is 23.1 Å². The molecule has 6 heteroatoms. The zero-order valence-electron chi connectivity index (χ0n) is 20.6. The molecule has 0 atom stereocenters. The zero-order valence-corrected chi connectivity index (χ0v) is 23.9. The largest absolute Gasteiger partial charge is 0.338 e. The van der Waals surface area contributed by atoms with E-state index in [1.54, 1.807) is 23.5 Å². The number of hydrogen-bond acceptors (Lipinski definition) is 5. The Kier molecular flexibility index (Phi) is 6.70. The van der Waals surface area contributed by atoms with Crippen LogP contribution in [0.5, 0.6) is 0 Å². The van der Waals surface area contributed by atoms with Gasteiger partial charge in [-0.05, 0) is 78.3 Å². The molecular weight excluding hydrogens is 493 g/mol. The van der Waals surface area contributed by atoms with Crippen molar-refractivity contribution in [3.05, 3.63) is 69.7 Å². The summed E-state index contributed by atoms with van der Waals surface area (Å²) in [4.78, 5) is 6.34. The van der Waals surface area contributed by atoms with Crippen LogP contribution in [0.1, 0.15) is 31.7 Å². The Bertz CT molecular complexity index is 1360. The predicted molar refractivity (Wildman–Crippen MR) is 154 cm³/mol. The first kappa shape index (κ1) is 24.1. The number of thioether (sulfide) groups is 3. The number of anilines is 1. The molecule has 0 saturated heterocycles. The average molecular weight is 524 g/mol. The van der Waals surface area contributed by atoms with Gasteiger partial charge in [-0.15, -0.1) is 23.5 Å². The Morgan fingerprint density at radius 3 is 2.50 bits per heavy atom. The van der Waals surface area contributed by atoms with Crippen molar-refractivity contribution >= 4 is 68.6 Å². The van der Waals surface area contributed by atoms with Gasteiger partial charge in [0.2, 0.25) is 5.52 Å². The summed E-state index contributed by atoms with van der Waals surface area (Å²) in [5, 5.41) is 2.63. The third-order valence-electron chi connectivity index (χ3n) is 6.50. The minimum absolute atomic E-state index is 0.245. The third-order valence-corrected chi connectivity index (χ3v) is 10.2. The summed E-state index contributed by atoms with van der Waals surface area (Å²) < 4.78 is 3.69. The summed E-state index contributed by atoms with van der Waals surface area (Å²) in [6.07, 6.45) is 13.7. The van der Waals surface area contributed by atoms with E-state index in [1.165, 1.54) is 51.8 Å². The summed E-state index contributed by atoms with van der Waals surface area (Å²) in [7, 11) is 4.38. The average Bonchev–Trinajstić information content (AvgIpc) is 3.27. The first-order valence-electron chi connectivity index (χ1n) is 11.5. The van der Waals surface area contributed by atoms with Gasteiger partial charge in [0.05, 0.1) is 10.7 Å². The molecule has 2 nitrogen and oxygen atoms in total. The molecule has 3 aromatic rings. The molecule has 0 unspecified atom stereocenters. The Labute approximate surface area is 220 Å². The van der Waals surface area contributed by atoms with E-state index in [0.29, 0.717) is 0 Å². The fourth-order valence-electron chi connectivity index (χ4n) is 4.82. The highest BCUT2D eigenvalue weighted by Gasteiger charge is 2.28. The first-order chi connectivity index (χ1) is 16.3. The van der Waals surface area contributed by atoms with E-state index in [9.17, 15) is 0 Å². The van der Waals surface area contributed by atoms with Gasteiger partial charge in [0.15, 0.2) is 0 Å². The molecule has 34 heavy (non-hydrogen) atoms. The normalized spacial score (nSPS) is 19.8. The molecule has 1 aliphatic heterocycles. The molecule has 2 aromatic carbocycles. The van der Waals surface area contributed by atoms with Gasteiger partial charge in [-0.1, -0.05) is 43.0 Å². The van der Waals surface area contributed by atoms with Gasteiger partial charge in [0.25, 0.3) is 5.01 Å². The Morgan fingerprint density at radius 2 is 1.74 bits per heavy atom. The van der Waals surface area contributed by atoms with Crippen LogP contribution in [0.3, 0.4) is 0 Å². The molecule has 2 heterocycles. The summed E-state index contributed by atoms with van der Waals surface area (Å²) in [5.41, 5.74) is 5.70. The van der Waals surface area contributed by atoms with Crippen LogP contribution in [0.4, 0.5) is 5.69 Å². The number of allylic oxidation sites excluding steroid dienone is 4. The Balaban J connectivity index is 1.49. The number of thiazole rings is 1. The van der Waals surface area contributed by atoms with Crippen LogP contribution in [0.25, 0.3) is 16.3 Å². The van der Waals surface area contributed by atoms with Gasteiger partial charge in [-0.3, -0.25) is 0 Å². The molecule has 0 radical (unpaired) electrons. The number of nitrogens with zero attached hydrogens (tertiary/aromatic N) is 2. The topological polar surface area (TPSA) is 7.12 Å². The molecule has 1 aliphatic carbocycles. The lowest BCUT2D eigenvalue weighted by Crippen LogP contribution is -2.29. The van der Waals surface area contributed by atoms with Gasteiger partial charge in [0.1, 0.15) is 11.7 Å². The number of rotatable bonds is 4. The van der Waals surface area contributed by atoms with Crippen LogP contribution in [-0.2, 0) is 7.05 Å². The van der Waals surface area contributed by atoms with Crippen molar-refractivity contribution < 1.29 is 4.57 Å². The third kappa shape index (κ3) is 4.75. The smallest absolute Gasteiger partial charge is 0.262 e. The number of hydrogen-bond donors (Lipinski definition) is 0. The lowest BCUT2D eigenvalue weighted by atomic mass is 9.75. The fraction of sp³-hybridized carbons (Fsp3) is 0.321. The second-order valence-electron chi connectivity index (χ2n) is 9.77. The van der Waals surface area contributed by atoms with Crippen LogP contribution < -0.4 is 9.47 Å². The van der Waals surface area contributed by atoms with Gasteiger partial charge in [-0.25, -0.2) is 0 Å². The molecule has 0 spiro atoms. The van der Waals surface area contributed by atoms with Crippen LogP contribution in [-0.4, -0.2) is 19.6 Å². The lowest BCUT2D eigenvalue weighted by Gasteiger charge is -2.30. The highest BCUT2D eigenvalue weighted by atomic mass is 32.2. The van der Waals surface area contributed by atoms with Gasteiger partial charge in [0, 0.05) is 33.9 Å². The number of aryl methyl sites for hydroxylation is 1. The summed E-state index contributed by atoms with van der Waals surface area (Å²) in [5.74, 6) is 0. The highest BCUT2D eigenvalue weighted by Crippen LogP contribution is 2.48. The number of fused-ring (bicyclic) bond motifs is 2. The molecule has 176 valence electrons. The van der Waals surface area contributed by atoms with E-state index in [0.717, 1.165) is 12.8 Å². The maximum absolute atomic E-state index is 2.43. The van der Waals surface area contributed by atoms with Crippen molar-refractivity contribution in [1.82, 2.24) is 0 Å². The predicted octanol–water partition coefficient (Wildman–Crippen LogP) is 8.38. The van der Waals surface area contributed by atoms with E-state index in [2.05, 4.69) is 105 Å². The van der Waals surface area contributed by atoms with Crippen molar-refractivity contribution in [3.8, 4) is 0 Å².